The molecule has 2 rings (SSSR count). The molecule has 11 heteroatoms. The Morgan fingerprint density at radius 3 is 2.45 bits per heavy atom. The summed E-state index contributed by atoms with van der Waals surface area (Å²) in [6.45, 7) is 2.81. The number of ether oxygens (including phenoxy) is 1. The SMILES string of the molecule is CCOCCN=C(NC(=O)c1ccc(F)cc1)NC(CC(NN)C(F)(F)F)C1CCCCC1. The summed E-state index contributed by atoms with van der Waals surface area (Å²) in [7, 11) is 0. The van der Waals surface area contributed by atoms with Gasteiger partial charge in [-0.2, -0.15) is 13.2 Å². The smallest absolute Gasteiger partial charge is 0.380 e. The molecule has 0 aliphatic heterocycles. The molecule has 5 N–H and O–H groups in total. The minimum atomic E-state index is -4.52. The van der Waals surface area contributed by atoms with E-state index in [4.69, 9.17) is 10.6 Å². The van der Waals surface area contributed by atoms with Gasteiger partial charge in [0.1, 0.15) is 11.9 Å². The standard InChI is InChI=1S/C22H33F4N5O2/c1-2-33-13-12-28-21(30-20(32)16-8-10-17(23)11-9-16)29-18(15-6-4-3-5-7-15)14-19(31-27)22(24,25)26/h8-11,15,18-19,31H,2-7,12-14,27H2,1H3,(H2,28,29,30,32). The second-order valence-electron chi connectivity index (χ2n) is 8.03. The van der Waals surface area contributed by atoms with Gasteiger partial charge in [-0.25, -0.2) is 9.82 Å². The van der Waals surface area contributed by atoms with Crippen LogP contribution in [-0.4, -0.2) is 49.9 Å². The summed E-state index contributed by atoms with van der Waals surface area (Å²) in [5.41, 5.74) is 2.06. The highest BCUT2D eigenvalue weighted by atomic mass is 19.4. The Kier molecular flexibility index (Phi) is 11.0. The van der Waals surface area contributed by atoms with Gasteiger partial charge in [-0.15, -0.1) is 0 Å². The largest absolute Gasteiger partial charge is 0.405 e. The zero-order valence-electron chi connectivity index (χ0n) is 18.8. The summed E-state index contributed by atoms with van der Waals surface area (Å²) in [6, 6.07) is 2.42. The lowest BCUT2D eigenvalue weighted by molar-refractivity contribution is -0.159. The van der Waals surface area contributed by atoms with Crippen molar-refractivity contribution in [2.75, 3.05) is 19.8 Å². The first-order valence-electron chi connectivity index (χ1n) is 11.2. The second kappa shape index (κ2) is 13.5. The number of alkyl halides is 3. The van der Waals surface area contributed by atoms with Crippen LogP contribution in [0.4, 0.5) is 17.6 Å². The summed E-state index contributed by atoms with van der Waals surface area (Å²) in [4.78, 5) is 17.0. The van der Waals surface area contributed by atoms with Gasteiger partial charge in [0.15, 0.2) is 5.96 Å². The molecule has 2 atom stereocenters. The predicted molar refractivity (Wildman–Crippen MR) is 118 cm³/mol. The van der Waals surface area contributed by atoms with E-state index < -0.39 is 30.0 Å². The highest BCUT2D eigenvalue weighted by molar-refractivity contribution is 6.05. The molecule has 33 heavy (non-hydrogen) atoms. The average molecular weight is 476 g/mol. The first-order valence-corrected chi connectivity index (χ1v) is 11.2. The van der Waals surface area contributed by atoms with Crippen molar-refractivity contribution >= 4 is 11.9 Å². The number of nitrogens with zero attached hydrogens (tertiary/aromatic N) is 1. The Balaban J connectivity index is 2.22. The molecular formula is C22H33F4N5O2. The number of rotatable bonds is 10. The van der Waals surface area contributed by atoms with Crippen LogP contribution < -0.4 is 21.9 Å². The van der Waals surface area contributed by atoms with Crippen LogP contribution in [0.3, 0.4) is 0 Å². The van der Waals surface area contributed by atoms with Crippen molar-refractivity contribution in [3.63, 3.8) is 0 Å². The van der Waals surface area contributed by atoms with E-state index in [1.165, 1.54) is 12.1 Å². The first-order chi connectivity index (χ1) is 15.7. The molecule has 0 bridgehead atoms. The molecule has 1 aromatic rings. The molecule has 1 aliphatic rings. The monoisotopic (exact) mass is 475 g/mol. The van der Waals surface area contributed by atoms with E-state index in [-0.39, 0.29) is 37.0 Å². The molecule has 0 heterocycles. The third kappa shape index (κ3) is 9.26. The Labute approximate surface area is 191 Å². The highest BCUT2D eigenvalue weighted by Gasteiger charge is 2.42. The van der Waals surface area contributed by atoms with Gasteiger partial charge in [-0.1, -0.05) is 19.3 Å². The van der Waals surface area contributed by atoms with Crippen molar-refractivity contribution in [2.45, 2.75) is 63.7 Å². The number of halogens is 4. The topological polar surface area (TPSA) is 101 Å². The molecule has 0 radical (unpaired) electrons. The molecule has 1 fully saturated rings. The van der Waals surface area contributed by atoms with Crippen molar-refractivity contribution < 1.29 is 27.1 Å². The van der Waals surface area contributed by atoms with Gasteiger partial charge >= 0.3 is 6.18 Å². The lowest BCUT2D eigenvalue weighted by Gasteiger charge is -2.34. The fourth-order valence-electron chi connectivity index (χ4n) is 3.90. The van der Waals surface area contributed by atoms with Crippen molar-refractivity contribution in [1.82, 2.24) is 16.1 Å². The highest BCUT2D eigenvalue weighted by Crippen LogP contribution is 2.31. The number of aliphatic imine (C=N–C) groups is 1. The van der Waals surface area contributed by atoms with E-state index >= 15 is 0 Å². The molecule has 0 aromatic heterocycles. The van der Waals surface area contributed by atoms with E-state index in [0.717, 1.165) is 44.2 Å². The fraction of sp³-hybridized carbons (Fsp3) is 0.636. The number of guanidine groups is 1. The Hall–Kier alpha value is -2.24. The predicted octanol–water partition coefficient (Wildman–Crippen LogP) is 3.27. The number of carbonyl (C=O) groups excluding carboxylic acids is 1. The quantitative estimate of drug-likeness (QED) is 0.104. The van der Waals surface area contributed by atoms with Gasteiger partial charge in [-0.3, -0.25) is 20.9 Å². The summed E-state index contributed by atoms with van der Waals surface area (Å²) in [5, 5.41) is 5.66. The number of benzene rings is 1. The Bertz CT molecular complexity index is 752. The summed E-state index contributed by atoms with van der Waals surface area (Å²) >= 11 is 0. The molecule has 7 nitrogen and oxygen atoms in total. The van der Waals surface area contributed by atoms with Crippen LogP contribution in [0.15, 0.2) is 29.3 Å². The number of nitrogens with one attached hydrogen (secondary N) is 3. The molecular weight excluding hydrogens is 442 g/mol. The molecule has 2 unspecified atom stereocenters. The van der Waals surface area contributed by atoms with Crippen LogP contribution in [0.1, 0.15) is 55.8 Å². The molecule has 1 aliphatic carbocycles. The summed E-state index contributed by atoms with van der Waals surface area (Å²) in [6.07, 6.45) is -0.412. The molecule has 1 saturated carbocycles. The van der Waals surface area contributed by atoms with Crippen LogP contribution in [0.2, 0.25) is 0 Å². The number of amides is 1. The van der Waals surface area contributed by atoms with E-state index in [1.807, 2.05) is 12.3 Å². The van der Waals surface area contributed by atoms with Crippen molar-refractivity contribution in [3.8, 4) is 0 Å². The van der Waals surface area contributed by atoms with Gasteiger partial charge in [0.2, 0.25) is 0 Å². The van der Waals surface area contributed by atoms with Crippen molar-refractivity contribution in [3.05, 3.63) is 35.6 Å². The van der Waals surface area contributed by atoms with Crippen LogP contribution in [0.5, 0.6) is 0 Å². The lowest BCUT2D eigenvalue weighted by atomic mass is 9.81. The average Bonchev–Trinajstić information content (AvgIpc) is 2.79. The number of hydrogen-bond acceptors (Lipinski definition) is 5. The van der Waals surface area contributed by atoms with Gasteiger partial charge in [0.05, 0.1) is 13.2 Å². The Morgan fingerprint density at radius 2 is 1.88 bits per heavy atom. The molecule has 0 spiro atoms. The molecule has 1 aromatic carbocycles. The summed E-state index contributed by atoms with van der Waals surface area (Å²) in [5.74, 6) is 4.19. The zero-order valence-corrected chi connectivity index (χ0v) is 18.8. The van der Waals surface area contributed by atoms with Gasteiger partial charge in [0.25, 0.3) is 5.91 Å². The maximum atomic E-state index is 13.4. The number of hydrogen-bond donors (Lipinski definition) is 4. The van der Waals surface area contributed by atoms with Crippen molar-refractivity contribution in [2.24, 2.45) is 16.8 Å². The first kappa shape index (κ1) is 27.0. The van der Waals surface area contributed by atoms with Gasteiger partial charge in [0, 0.05) is 18.2 Å². The third-order valence-electron chi connectivity index (χ3n) is 5.67. The minimum Gasteiger partial charge on any atom is -0.380 e. The number of carbonyl (C=O) groups is 1. The van der Waals surface area contributed by atoms with Crippen molar-refractivity contribution in [1.29, 1.82) is 0 Å². The Morgan fingerprint density at radius 1 is 1.21 bits per heavy atom. The fourth-order valence-corrected chi connectivity index (χ4v) is 3.90. The minimum absolute atomic E-state index is 0.0308. The third-order valence-corrected chi connectivity index (χ3v) is 5.67. The molecule has 1 amide bonds. The normalized spacial score (nSPS) is 17.5. The molecule has 0 saturated heterocycles. The van der Waals surface area contributed by atoms with E-state index in [0.29, 0.717) is 6.61 Å². The summed E-state index contributed by atoms with van der Waals surface area (Å²) < 4.78 is 58.7. The lowest BCUT2D eigenvalue weighted by Crippen LogP contribution is -2.55. The maximum Gasteiger partial charge on any atom is 0.405 e. The molecule has 186 valence electrons. The van der Waals surface area contributed by atoms with Gasteiger partial charge in [-0.05, 0) is 56.4 Å². The van der Waals surface area contributed by atoms with Crippen LogP contribution in [-0.2, 0) is 4.74 Å². The van der Waals surface area contributed by atoms with Crippen LogP contribution >= 0.6 is 0 Å². The van der Waals surface area contributed by atoms with E-state index in [9.17, 15) is 22.4 Å². The zero-order chi connectivity index (χ0) is 24.3. The number of nitrogens with two attached hydrogens (primary N) is 1. The van der Waals surface area contributed by atoms with Crippen LogP contribution in [0.25, 0.3) is 0 Å². The maximum absolute atomic E-state index is 13.4. The van der Waals surface area contributed by atoms with Gasteiger partial charge < -0.3 is 10.1 Å². The van der Waals surface area contributed by atoms with E-state index in [1.54, 1.807) is 0 Å². The second-order valence-corrected chi connectivity index (χ2v) is 8.03. The van der Waals surface area contributed by atoms with E-state index in [2.05, 4.69) is 15.6 Å². The van der Waals surface area contributed by atoms with Crippen LogP contribution in [0, 0.1) is 11.7 Å². The number of hydrazine groups is 1.